The number of Topliss-reactive ketones (excluding diaryl/α,β-unsaturated/α-hetero) is 1. The molecular weight excluding hydrogens is 260 g/mol. The summed E-state index contributed by atoms with van der Waals surface area (Å²) in [6, 6.07) is 17.6. The molecule has 0 aliphatic heterocycles. The summed E-state index contributed by atoms with van der Waals surface area (Å²) in [4.78, 5) is 10.9. The summed E-state index contributed by atoms with van der Waals surface area (Å²) in [6.07, 6.45) is 1.37. The van der Waals surface area contributed by atoms with Crippen LogP contribution in [0, 0.1) is 11.8 Å². The number of ketones is 1. The third-order valence-corrected chi connectivity index (χ3v) is 3.01. The summed E-state index contributed by atoms with van der Waals surface area (Å²) < 4.78 is 5.57. The number of hydrogen-bond acceptors (Lipinski definition) is 2. The Hall–Kier alpha value is -2.53. The number of ether oxygens (including phenoxy) is 1. The van der Waals surface area contributed by atoms with Gasteiger partial charge < -0.3 is 9.53 Å². The molecule has 0 unspecified atom stereocenters. The van der Waals surface area contributed by atoms with Crippen LogP contribution in [0.1, 0.15) is 24.5 Å². The van der Waals surface area contributed by atoms with E-state index in [9.17, 15) is 4.79 Å². The van der Waals surface area contributed by atoms with Crippen molar-refractivity contribution in [3.05, 3.63) is 65.7 Å². The van der Waals surface area contributed by atoms with Gasteiger partial charge in [0.2, 0.25) is 0 Å². The Balaban J connectivity index is 1.81. The SMILES string of the molecule is CC(=O)CCc1ccc(OCC#Cc2ccccc2)cc1. The van der Waals surface area contributed by atoms with Crippen molar-refractivity contribution in [3.8, 4) is 17.6 Å². The lowest BCUT2D eigenvalue weighted by atomic mass is 10.1. The van der Waals surface area contributed by atoms with Crippen molar-refractivity contribution in [2.75, 3.05) is 6.61 Å². The minimum atomic E-state index is 0.214. The van der Waals surface area contributed by atoms with E-state index in [2.05, 4.69) is 11.8 Å². The third-order valence-electron chi connectivity index (χ3n) is 3.01. The molecule has 0 atom stereocenters. The molecule has 0 aromatic heterocycles. The topological polar surface area (TPSA) is 26.3 Å². The van der Waals surface area contributed by atoms with E-state index in [0.717, 1.165) is 23.3 Å². The highest BCUT2D eigenvalue weighted by molar-refractivity contribution is 5.75. The zero-order chi connectivity index (χ0) is 14.9. The van der Waals surface area contributed by atoms with Crippen LogP contribution in [-0.2, 0) is 11.2 Å². The molecule has 0 fully saturated rings. The van der Waals surface area contributed by atoms with Crippen LogP contribution >= 0.6 is 0 Å². The van der Waals surface area contributed by atoms with Crippen molar-refractivity contribution < 1.29 is 9.53 Å². The van der Waals surface area contributed by atoms with Gasteiger partial charge in [0.15, 0.2) is 0 Å². The van der Waals surface area contributed by atoms with Gasteiger partial charge in [-0.05, 0) is 43.2 Å². The van der Waals surface area contributed by atoms with E-state index in [1.54, 1.807) is 6.92 Å². The monoisotopic (exact) mass is 278 g/mol. The molecule has 0 radical (unpaired) electrons. The number of rotatable bonds is 5. The molecule has 2 nitrogen and oxygen atoms in total. The van der Waals surface area contributed by atoms with Gasteiger partial charge in [-0.25, -0.2) is 0 Å². The normalized spacial score (nSPS) is 9.57. The van der Waals surface area contributed by atoms with Crippen molar-refractivity contribution in [2.45, 2.75) is 19.8 Å². The molecule has 21 heavy (non-hydrogen) atoms. The quantitative estimate of drug-likeness (QED) is 0.781. The average Bonchev–Trinajstić information content (AvgIpc) is 2.52. The average molecular weight is 278 g/mol. The summed E-state index contributed by atoms with van der Waals surface area (Å²) in [5, 5.41) is 0. The lowest BCUT2D eigenvalue weighted by Gasteiger charge is -2.03. The van der Waals surface area contributed by atoms with Gasteiger partial charge in [-0.3, -0.25) is 0 Å². The molecular formula is C19H18O2. The number of hydrogen-bond donors (Lipinski definition) is 0. The second-order valence-corrected chi connectivity index (χ2v) is 4.80. The first-order chi connectivity index (χ1) is 10.2. The Labute approximate surface area is 125 Å². The molecule has 0 bridgehead atoms. The summed E-state index contributed by atoms with van der Waals surface area (Å²) in [7, 11) is 0. The number of carbonyl (C=O) groups excluding carboxylic acids is 1. The maximum atomic E-state index is 10.9. The van der Waals surface area contributed by atoms with Crippen molar-refractivity contribution in [1.82, 2.24) is 0 Å². The minimum absolute atomic E-state index is 0.214. The summed E-state index contributed by atoms with van der Waals surface area (Å²) in [5.41, 5.74) is 2.13. The second-order valence-electron chi connectivity index (χ2n) is 4.80. The predicted molar refractivity (Wildman–Crippen MR) is 84.3 cm³/mol. The van der Waals surface area contributed by atoms with Crippen molar-refractivity contribution in [3.63, 3.8) is 0 Å². The van der Waals surface area contributed by atoms with Crippen LogP contribution in [0.25, 0.3) is 0 Å². The van der Waals surface area contributed by atoms with E-state index >= 15 is 0 Å². The first kappa shape index (κ1) is 14.9. The largest absolute Gasteiger partial charge is 0.481 e. The Kier molecular flexibility index (Phi) is 5.60. The molecule has 0 N–H and O–H groups in total. The molecule has 2 rings (SSSR count). The summed E-state index contributed by atoms with van der Waals surface area (Å²) >= 11 is 0. The van der Waals surface area contributed by atoms with Gasteiger partial charge in [0.05, 0.1) is 0 Å². The van der Waals surface area contributed by atoms with Crippen LogP contribution in [-0.4, -0.2) is 12.4 Å². The molecule has 0 amide bonds. The van der Waals surface area contributed by atoms with Crippen LogP contribution < -0.4 is 4.74 Å². The lowest BCUT2D eigenvalue weighted by Crippen LogP contribution is -1.96. The third kappa shape index (κ3) is 5.54. The fourth-order valence-electron chi connectivity index (χ4n) is 1.85. The van der Waals surface area contributed by atoms with E-state index in [1.807, 2.05) is 54.6 Å². The van der Waals surface area contributed by atoms with Crippen molar-refractivity contribution in [1.29, 1.82) is 0 Å². The molecule has 0 heterocycles. The van der Waals surface area contributed by atoms with Gasteiger partial charge in [0, 0.05) is 12.0 Å². The van der Waals surface area contributed by atoms with Gasteiger partial charge in [-0.15, -0.1) is 0 Å². The molecule has 0 spiro atoms. The fraction of sp³-hybridized carbons (Fsp3) is 0.211. The molecule has 0 saturated heterocycles. The van der Waals surface area contributed by atoms with Crippen LogP contribution in [0.3, 0.4) is 0 Å². The molecule has 106 valence electrons. The molecule has 2 aromatic carbocycles. The van der Waals surface area contributed by atoms with Gasteiger partial charge >= 0.3 is 0 Å². The molecule has 0 saturated carbocycles. The molecule has 0 aliphatic rings. The maximum Gasteiger partial charge on any atom is 0.149 e. The highest BCUT2D eigenvalue weighted by atomic mass is 16.5. The van der Waals surface area contributed by atoms with Gasteiger partial charge in [0.25, 0.3) is 0 Å². The van der Waals surface area contributed by atoms with Crippen LogP contribution in [0.5, 0.6) is 5.75 Å². The predicted octanol–water partition coefficient (Wildman–Crippen LogP) is 3.64. The Morgan fingerprint density at radius 2 is 1.76 bits per heavy atom. The molecule has 2 aromatic rings. The summed E-state index contributed by atoms with van der Waals surface area (Å²) in [6.45, 7) is 1.98. The van der Waals surface area contributed by atoms with Crippen LogP contribution in [0.4, 0.5) is 0 Å². The Morgan fingerprint density at radius 3 is 2.43 bits per heavy atom. The standard InChI is InChI=1S/C19H18O2/c1-16(20)9-10-18-11-13-19(14-12-18)21-15-5-8-17-6-3-2-4-7-17/h2-4,6-7,11-14H,9-10,15H2,1H3. The van der Waals surface area contributed by atoms with Crippen LogP contribution in [0.15, 0.2) is 54.6 Å². The van der Waals surface area contributed by atoms with Gasteiger partial charge in [-0.2, -0.15) is 0 Å². The zero-order valence-corrected chi connectivity index (χ0v) is 12.1. The lowest BCUT2D eigenvalue weighted by molar-refractivity contribution is -0.116. The Morgan fingerprint density at radius 1 is 1.05 bits per heavy atom. The molecule has 2 heteroatoms. The van der Waals surface area contributed by atoms with Crippen molar-refractivity contribution >= 4 is 5.78 Å². The van der Waals surface area contributed by atoms with Crippen molar-refractivity contribution in [2.24, 2.45) is 0 Å². The fourth-order valence-corrected chi connectivity index (χ4v) is 1.85. The summed E-state index contributed by atoms with van der Waals surface area (Å²) in [5.74, 6) is 7.04. The first-order valence-corrected chi connectivity index (χ1v) is 6.99. The van der Waals surface area contributed by atoms with E-state index < -0.39 is 0 Å². The molecule has 0 aliphatic carbocycles. The highest BCUT2D eigenvalue weighted by Gasteiger charge is 1.97. The number of aryl methyl sites for hydroxylation is 1. The van der Waals surface area contributed by atoms with E-state index in [4.69, 9.17) is 4.74 Å². The number of carbonyl (C=O) groups is 1. The number of benzene rings is 2. The van der Waals surface area contributed by atoms with Gasteiger partial charge in [0.1, 0.15) is 18.1 Å². The van der Waals surface area contributed by atoms with E-state index in [1.165, 1.54) is 0 Å². The second kappa shape index (κ2) is 7.91. The van der Waals surface area contributed by atoms with E-state index in [0.29, 0.717) is 13.0 Å². The maximum absolute atomic E-state index is 10.9. The Bertz CT molecular complexity index is 631. The first-order valence-electron chi connectivity index (χ1n) is 6.99. The smallest absolute Gasteiger partial charge is 0.149 e. The van der Waals surface area contributed by atoms with Gasteiger partial charge in [-0.1, -0.05) is 42.2 Å². The zero-order valence-electron chi connectivity index (χ0n) is 12.1. The minimum Gasteiger partial charge on any atom is -0.481 e. The van der Waals surface area contributed by atoms with E-state index in [-0.39, 0.29) is 5.78 Å². The highest BCUT2D eigenvalue weighted by Crippen LogP contribution is 2.13. The van der Waals surface area contributed by atoms with Crippen LogP contribution in [0.2, 0.25) is 0 Å².